The third-order valence-corrected chi connectivity index (χ3v) is 1.90. The van der Waals surface area contributed by atoms with Gasteiger partial charge in [0.15, 0.2) is 0 Å². The molecule has 4 N–H and O–H groups in total. The summed E-state index contributed by atoms with van der Waals surface area (Å²) in [5.41, 5.74) is 4.71. The fourth-order valence-corrected chi connectivity index (χ4v) is 1.17. The molecule has 0 saturated heterocycles. The van der Waals surface area contributed by atoms with Gasteiger partial charge < -0.3 is 20.4 Å². The van der Waals surface area contributed by atoms with E-state index in [0.717, 1.165) is 0 Å². The van der Waals surface area contributed by atoms with E-state index < -0.39 is 11.5 Å². The van der Waals surface area contributed by atoms with E-state index >= 15 is 0 Å². The molecule has 0 fully saturated rings. The summed E-state index contributed by atoms with van der Waals surface area (Å²) in [6.45, 7) is 1.35. The topological polar surface area (TPSA) is 96.7 Å². The zero-order chi connectivity index (χ0) is 10.8. The van der Waals surface area contributed by atoms with Crippen molar-refractivity contribution >= 4 is 5.97 Å². The van der Waals surface area contributed by atoms with Gasteiger partial charge in [-0.15, -0.1) is 0 Å². The number of aliphatic hydroxyl groups excluding tert-OH is 1. The molecule has 0 aromatic carbocycles. The molecule has 0 radical (unpaired) electrons. The Morgan fingerprint density at radius 2 is 2.29 bits per heavy atom. The maximum Gasteiger partial charge on any atom is 0.305 e. The summed E-state index contributed by atoms with van der Waals surface area (Å²) >= 11 is 0. The molecular formula is C9H13NO4. The second-order valence-electron chi connectivity index (χ2n) is 3.41. The molecule has 1 unspecified atom stereocenters. The van der Waals surface area contributed by atoms with Gasteiger partial charge in [0.1, 0.15) is 18.1 Å². The SMILES string of the molecule is CC(N)(CC(=O)O)c1ccc(CO)o1. The fraction of sp³-hybridized carbons (Fsp3) is 0.444. The molecule has 5 heteroatoms. The summed E-state index contributed by atoms with van der Waals surface area (Å²) in [6.07, 6.45) is -0.217. The smallest absolute Gasteiger partial charge is 0.305 e. The van der Waals surface area contributed by atoms with Gasteiger partial charge in [0, 0.05) is 0 Å². The van der Waals surface area contributed by atoms with E-state index in [1.54, 1.807) is 19.1 Å². The van der Waals surface area contributed by atoms with Gasteiger partial charge in [-0.1, -0.05) is 0 Å². The van der Waals surface area contributed by atoms with Crippen molar-refractivity contribution in [3.8, 4) is 0 Å². The molecule has 0 saturated carbocycles. The maximum absolute atomic E-state index is 10.5. The first-order chi connectivity index (χ1) is 6.45. The van der Waals surface area contributed by atoms with E-state index in [1.807, 2.05) is 0 Å². The molecule has 5 nitrogen and oxygen atoms in total. The minimum Gasteiger partial charge on any atom is -0.481 e. The minimum atomic E-state index is -1.04. The molecule has 14 heavy (non-hydrogen) atoms. The predicted octanol–water partition coefficient (Wildman–Crippen LogP) is 0.421. The monoisotopic (exact) mass is 199 g/mol. The van der Waals surface area contributed by atoms with E-state index in [9.17, 15) is 4.79 Å². The van der Waals surface area contributed by atoms with Gasteiger partial charge in [-0.3, -0.25) is 4.79 Å². The van der Waals surface area contributed by atoms with Crippen LogP contribution < -0.4 is 5.73 Å². The summed E-state index contributed by atoms with van der Waals surface area (Å²) < 4.78 is 5.16. The van der Waals surface area contributed by atoms with E-state index in [4.69, 9.17) is 20.4 Å². The number of rotatable bonds is 4. The number of carboxylic acids is 1. The number of hydrogen-bond donors (Lipinski definition) is 3. The summed E-state index contributed by atoms with van der Waals surface area (Å²) in [7, 11) is 0. The Morgan fingerprint density at radius 1 is 1.64 bits per heavy atom. The number of nitrogens with two attached hydrogens (primary N) is 1. The first kappa shape index (κ1) is 10.7. The van der Waals surface area contributed by atoms with E-state index in [2.05, 4.69) is 0 Å². The third kappa shape index (κ3) is 2.34. The van der Waals surface area contributed by atoms with Crippen LogP contribution >= 0.6 is 0 Å². The summed E-state index contributed by atoms with van der Waals surface area (Å²) in [5.74, 6) is -0.247. The quantitative estimate of drug-likeness (QED) is 0.653. The number of aliphatic carboxylic acids is 1. The van der Waals surface area contributed by atoms with Crippen molar-refractivity contribution in [3.63, 3.8) is 0 Å². The molecule has 1 aromatic rings. The van der Waals surface area contributed by atoms with Crippen molar-refractivity contribution in [3.05, 3.63) is 23.7 Å². The minimum absolute atomic E-state index is 0.217. The Hall–Kier alpha value is -1.33. The second-order valence-corrected chi connectivity index (χ2v) is 3.41. The van der Waals surface area contributed by atoms with Crippen LogP contribution in [0.3, 0.4) is 0 Å². The molecule has 0 aliphatic rings. The molecule has 1 aromatic heterocycles. The molecular weight excluding hydrogens is 186 g/mol. The van der Waals surface area contributed by atoms with Crippen LogP contribution in [0.1, 0.15) is 24.9 Å². The molecule has 1 heterocycles. The predicted molar refractivity (Wildman–Crippen MR) is 48.4 cm³/mol. The van der Waals surface area contributed by atoms with Crippen molar-refractivity contribution in [2.75, 3.05) is 0 Å². The number of carboxylic acid groups (broad SMARTS) is 1. The highest BCUT2D eigenvalue weighted by Gasteiger charge is 2.28. The Labute approximate surface area is 81.1 Å². The Bertz CT molecular complexity index is 329. The Kier molecular flexibility index (Phi) is 2.93. The number of hydrogen-bond acceptors (Lipinski definition) is 4. The highest BCUT2D eigenvalue weighted by atomic mass is 16.4. The van der Waals surface area contributed by atoms with Crippen molar-refractivity contribution in [2.24, 2.45) is 5.73 Å². The second kappa shape index (κ2) is 3.81. The van der Waals surface area contributed by atoms with Crippen molar-refractivity contribution in [2.45, 2.75) is 25.5 Å². The highest BCUT2D eigenvalue weighted by molar-refractivity contribution is 5.68. The summed E-state index contributed by atoms with van der Waals surface area (Å²) in [4.78, 5) is 10.5. The molecule has 0 aliphatic carbocycles. The lowest BCUT2D eigenvalue weighted by Crippen LogP contribution is -2.35. The lowest BCUT2D eigenvalue weighted by molar-refractivity contribution is -0.138. The van der Waals surface area contributed by atoms with Crippen LogP contribution in [0.25, 0.3) is 0 Å². The van der Waals surface area contributed by atoms with Crippen LogP contribution in [0.2, 0.25) is 0 Å². The molecule has 0 bridgehead atoms. The van der Waals surface area contributed by atoms with Crippen LogP contribution in [0.5, 0.6) is 0 Å². The van der Waals surface area contributed by atoms with Crippen LogP contribution in [0, 0.1) is 0 Å². The number of aliphatic hydroxyl groups is 1. The van der Waals surface area contributed by atoms with Crippen molar-refractivity contribution < 1.29 is 19.4 Å². The lowest BCUT2D eigenvalue weighted by Gasteiger charge is -2.19. The fourth-order valence-electron chi connectivity index (χ4n) is 1.17. The van der Waals surface area contributed by atoms with Gasteiger partial charge >= 0.3 is 5.97 Å². The van der Waals surface area contributed by atoms with Gasteiger partial charge in [0.05, 0.1) is 12.0 Å². The average molecular weight is 199 g/mol. The van der Waals surface area contributed by atoms with Gasteiger partial charge in [-0.05, 0) is 19.1 Å². The largest absolute Gasteiger partial charge is 0.481 e. The first-order valence-electron chi connectivity index (χ1n) is 4.16. The maximum atomic E-state index is 10.5. The molecule has 0 aliphatic heterocycles. The lowest BCUT2D eigenvalue weighted by atomic mass is 9.96. The first-order valence-corrected chi connectivity index (χ1v) is 4.16. The van der Waals surface area contributed by atoms with Gasteiger partial charge in [-0.2, -0.15) is 0 Å². The van der Waals surface area contributed by atoms with Crippen molar-refractivity contribution in [1.82, 2.24) is 0 Å². The molecule has 0 spiro atoms. The average Bonchev–Trinajstić information content (AvgIpc) is 2.49. The zero-order valence-electron chi connectivity index (χ0n) is 7.86. The third-order valence-electron chi connectivity index (χ3n) is 1.90. The van der Waals surface area contributed by atoms with Crippen LogP contribution in [0.4, 0.5) is 0 Å². The van der Waals surface area contributed by atoms with Crippen molar-refractivity contribution in [1.29, 1.82) is 0 Å². The molecule has 0 amide bonds. The highest BCUT2D eigenvalue weighted by Crippen LogP contribution is 2.23. The Balaban J connectivity index is 2.85. The van der Waals surface area contributed by atoms with Gasteiger partial charge in [-0.25, -0.2) is 0 Å². The summed E-state index contributed by atoms with van der Waals surface area (Å²) in [6, 6.07) is 3.15. The Morgan fingerprint density at radius 3 is 2.71 bits per heavy atom. The zero-order valence-corrected chi connectivity index (χ0v) is 7.86. The summed E-state index contributed by atoms with van der Waals surface area (Å²) in [5, 5.41) is 17.4. The standard InChI is InChI=1S/C9H13NO4/c1-9(10,4-8(12)13)7-3-2-6(5-11)14-7/h2-3,11H,4-5,10H2,1H3,(H,12,13). The van der Waals surface area contributed by atoms with Crippen LogP contribution in [-0.2, 0) is 16.9 Å². The van der Waals surface area contributed by atoms with Crippen LogP contribution in [0.15, 0.2) is 16.5 Å². The molecule has 1 atom stereocenters. The number of furan rings is 1. The van der Waals surface area contributed by atoms with Crippen LogP contribution in [-0.4, -0.2) is 16.2 Å². The molecule has 78 valence electrons. The number of carbonyl (C=O) groups is 1. The normalized spacial score (nSPS) is 15.1. The molecule has 1 rings (SSSR count). The van der Waals surface area contributed by atoms with E-state index in [-0.39, 0.29) is 13.0 Å². The van der Waals surface area contributed by atoms with E-state index in [0.29, 0.717) is 11.5 Å². The van der Waals surface area contributed by atoms with Gasteiger partial charge in [0.2, 0.25) is 0 Å². The van der Waals surface area contributed by atoms with Gasteiger partial charge in [0.25, 0.3) is 0 Å². The van der Waals surface area contributed by atoms with E-state index in [1.165, 1.54) is 0 Å².